The number of pyridine rings is 4. The number of carbonyl (C=O) groups is 9. The number of aryl methyl sites for hydroxylation is 10. The Bertz CT molecular complexity index is 3970. The average molecular weight is 1610 g/mol. The summed E-state index contributed by atoms with van der Waals surface area (Å²) in [6.07, 6.45) is 30.0. The molecule has 6 amide bonds. The number of aliphatic carboxylic acids is 3. The molecule has 0 spiro atoms. The number of urea groups is 1. The second-order valence-electron chi connectivity index (χ2n) is 33.9. The molecule has 28 heteroatoms. The van der Waals surface area contributed by atoms with Crippen LogP contribution in [0.5, 0.6) is 0 Å². The number of carboxylic acids is 3. The van der Waals surface area contributed by atoms with Crippen LogP contribution in [0.15, 0.2) is 48.5 Å². The van der Waals surface area contributed by atoms with E-state index in [4.69, 9.17) is 34.9 Å². The largest absolute Gasteiger partial charge is 0.481 e. The van der Waals surface area contributed by atoms with Crippen molar-refractivity contribution in [2.75, 3.05) is 89.7 Å². The van der Waals surface area contributed by atoms with E-state index in [0.29, 0.717) is 104 Å². The van der Waals surface area contributed by atoms with Crippen molar-refractivity contribution in [3.05, 3.63) is 105 Å². The predicted octanol–water partition coefficient (Wildman–Crippen LogP) is 9.42. The molecule has 6 aliphatic heterocycles. The summed E-state index contributed by atoms with van der Waals surface area (Å²) in [6.45, 7) is 7.61. The number of unbranched alkanes of at least 4 members (excludes halogenated alkanes) is 2. The van der Waals surface area contributed by atoms with Gasteiger partial charge in [-0.05, 0) is 259 Å². The van der Waals surface area contributed by atoms with Crippen LogP contribution in [0.1, 0.15) is 256 Å². The van der Waals surface area contributed by atoms with Crippen molar-refractivity contribution < 1.29 is 78.5 Å². The Morgan fingerprint density at radius 3 is 1.34 bits per heavy atom. The van der Waals surface area contributed by atoms with Crippen LogP contribution >= 0.6 is 0 Å². The van der Waals surface area contributed by atoms with Crippen LogP contribution in [0, 0.1) is 5.92 Å². The lowest BCUT2D eigenvalue weighted by molar-refractivity contribution is -0.156. The van der Waals surface area contributed by atoms with Crippen molar-refractivity contribution in [3.63, 3.8) is 0 Å². The normalized spacial score (nSPS) is 19.2. The highest BCUT2D eigenvalue weighted by molar-refractivity contribution is 5.86. The summed E-state index contributed by atoms with van der Waals surface area (Å²) in [5, 5.41) is 71.6. The molecule has 1 saturated carbocycles. The molecule has 1 unspecified atom stereocenters. The van der Waals surface area contributed by atoms with Gasteiger partial charge in [-0.3, -0.25) is 43.5 Å². The van der Waals surface area contributed by atoms with Crippen molar-refractivity contribution in [3.8, 4) is 0 Å². The molecule has 116 heavy (non-hydrogen) atoms. The molecule has 4 aromatic rings. The number of aromatic nitrogens is 4. The number of carbonyl (C=O) groups excluding carboxylic acids is 6. The number of likely N-dealkylation sites (tertiary alicyclic amines) is 4. The van der Waals surface area contributed by atoms with Crippen molar-refractivity contribution in [1.82, 2.24) is 50.2 Å². The minimum Gasteiger partial charge on any atom is -0.481 e. The smallest absolute Gasteiger partial charge is 0.329 e. The van der Waals surface area contributed by atoms with Crippen molar-refractivity contribution in [2.24, 2.45) is 5.92 Å². The van der Waals surface area contributed by atoms with E-state index in [2.05, 4.69) is 69.8 Å². The lowest BCUT2D eigenvalue weighted by Gasteiger charge is -2.41. The second-order valence-corrected chi connectivity index (χ2v) is 33.9. The van der Waals surface area contributed by atoms with E-state index >= 15 is 0 Å². The number of nitrogens with one attached hydrogen (secondary N) is 4. The fraction of sp³-hybridized carbons (Fsp3) is 0.670. The summed E-state index contributed by atoms with van der Waals surface area (Å²) in [4.78, 5) is 133. The molecule has 10 N–H and O–H groups in total. The Kier molecular flexibility index (Phi) is 33.7. The molecule has 3 aliphatic carbocycles. The number of piperidine rings is 4. The third-order valence-electron chi connectivity index (χ3n) is 25.0. The Morgan fingerprint density at radius 2 is 0.871 bits per heavy atom. The third-order valence-corrected chi connectivity index (χ3v) is 25.0. The van der Waals surface area contributed by atoms with Gasteiger partial charge in [-0.1, -0.05) is 37.1 Å². The van der Waals surface area contributed by atoms with E-state index in [-0.39, 0.29) is 86.6 Å². The van der Waals surface area contributed by atoms with Gasteiger partial charge in [0.05, 0.1) is 35.2 Å². The van der Waals surface area contributed by atoms with Gasteiger partial charge in [-0.15, -0.1) is 0 Å². The predicted molar refractivity (Wildman–Crippen MR) is 438 cm³/mol. The summed E-state index contributed by atoms with van der Waals surface area (Å²) in [6, 6.07) is 15.7. The number of Topliss-reactive ketones (excluding diaryl/α,β-unsaturated/α-hetero) is 1. The van der Waals surface area contributed by atoms with Gasteiger partial charge in [0.2, 0.25) is 23.6 Å². The molecule has 0 radical (unpaired) electrons. The fourth-order valence-electron chi connectivity index (χ4n) is 17.8. The summed E-state index contributed by atoms with van der Waals surface area (Å²) in [5.41, 5.74) is 7.81. The van der Waals surface area contributed by atoms with Gasteiger partial charge in [-0.2, -0.15) is 0 Å². The van der Waals surface area contributed by atoms with E-state index < -0.39 is 46.4 Å². The first kappa shape index (κ1) is 89.6. The van der Waals surface area contributed by atoms with E-state index in [0.717, 1.165) is 189 Å². The maximum atomic E-state index is 12.7. The molecule has 9 aliphatic rings. The van der Waals surface area contributed by atoms with Gasteiger partial charge in [0.15, 0.2) is 6.04 Å². The van der Waals surface area contributed by atoms with Crippen LogP contribution in [0.3, 0.4) is 0 Å². The highest BCUT2D eigenvalue weighted by atomic mass is 16.5. The maximum absolute atomic E-state index is 12.7. The molecule has 10 heterocycles. The summed E-state index contributed by atoms with van der Waals surface area (Å²) >= 11 is 0. The van der Waals surface area contributed by atoms with Crippen molar-refractivity contribution in [2.45, 2.75) is 292 Å². The highest BCUT2D eigenvalue weighted by Crippen LogP contribution is 2.34. The highest BCUT2D eigenvalue weighted by Gasteiger charge is 2.47. The van der Waals surface area contributed by atoms with Crippen LogP contribution in [0.4, 0.5) is 16.4 Å². The van der Waals surface area contributed by atoms with Crippen LogP contribution < -0.4 is 21.3 Å². The standard InChI is InChI=1S/C26H38N4O5.C21H31N3O4.C21H31N3O3.C20H28N2O4/c31-21(10-4-3-9-20-12-11-18-8-5-15-27-23(18)28-20)30-16-13-26(35,14-17-30)22(25(33)34)29-24(32)19-6-1-2-7-19;1-28-21(15-19(26)27)10-13-24(14-11-21)18(25)7-3-2-6-17-9-8-16-5-4-12-22-20(16)23-17;1-16(25)15-21(27)10-13-24(14-11-21)20(26)22-12-4-6-18-9-8-17-5-2-3-7-19(17)23-18;23-18(22-12-10-20(26,11-13-22)14-19(24)25)7-3-5-16-9-8-15-4-1-2-6-17(15)21-16/h11-12,19,22,35H,1-10,13-17H2,(H,27,28)(H,29,32)(H,33,34);8-9H,2-7,10-15H2,1H3,(H,22,23)(H,26,27);8-9,27H,2-7,10-15H2,1H3,(H,22,26);8-9,26H,1-7,10-14H2,(H,24,25). The molecule has 4 saturated heterocycles. The number of carboxylic acid groups (broad SMARTS) is 3. The molecule has 636 valence electrons. The number of anilines is 2. The fourth-order valence-corrected chi connectivity index (χ4v) is 17.8. The quantitative estimate of drug-likeness (QED) is 0.0226. The average Bonchev–Trinajstić information content (AvgIpc) is 1.06. The lowest BCUT2D eigenvalue weighted by Crippen LogP contribution is -2.62. The number of amides is 6. The Labute approximate surface area is 683 Å². The van der Waals surface area contributed by atoms with E-state index in [9.17, 15) is 63.6 Å². The molecule has 28 nitrogen and oxygen atoms in total. The third kappa shape index (κ3) is 27.2. The molecule has 5 fully saturated rings. The van der Waals surface area contributed by atoms with Crippen LogP contribution in [0.25, 0.3) is 0 Å². The van der Waals surface area contributed by atoms with Gasteiger partial charge in [0.25, 0.3) is 0 Å². The lowest BCUT2D eigenvalue weighted by atomic mass is 9.83. The number of fused-ring (bicyclic) bond motifs is 4. The van der Waals surface area contributed by atoms with Gasteiger partial charge in [-0.25, -0.2) is 19.6 Å². The number of methoxy groups -OCH3 is 1. The molecule has 0 aromatic carbocycles. The number of hydrogen-bond acceptors (Lipinski definition) is 19. The van der Waals surface area contributed by atoms with Crippen molar-refractivity contribution >= 4 is 65.0 Å². The molecule has 4 aromatic heterocycles. The van der Waals surface area contributed by atoms with Gasteiger partial charge >= 0.3 is 23.9 Å². The zero-order valence-electron chi connectivity index (χ0n) is 68.7. The van der Waals surface area contributed by atoms with E-state index in [1.807, 2.05) is 4.90 Å². The Morgan fingerprint density at radius 1 is 0.466 bits per heavy atom. The van der Waals surface area contributed by atoms with Gasteiger partial charge < -0.3 is 76.2 Å². The number of ketones is 1. The van der Waals surface area contributed by atoms with E-state index in [1.165, 1.54) is 66.2 Å². The Balaban J connectivity index is 0.000000164. The minimum atomic E-state index is -1.55. The number of hydrogen-bond donors (Lipinski definition) is 10. The number of nitrogens with zero attached hydrogens (tertiary/aromatic N) is 8. The minimum absolute atomic E-state index is 0.00579. The molecule has 1 atom stereocenters. The first-order valence-electron chi connectivity index (χ1n) is 43.2. The topological polar surface area (TPSA) is 397 Å². The molecular weight excluding hydrogens is 1480 g/mol. The summed E-state index contributed by atoms with van der Waals surface area (Å²) < 4.78 is 5.47. The van der Waals surface area contributed by atoms with Gasteiger partial charge in [0, 0.05) is 145 Å². The number of ether oxygens (including phenoxy) is 1. The molecule has 13 rings (SSSR count). The zero-order chi connectivity index (χ0) is 82.7. The zero-order valence-corrected chi connectivity index (χ0v) is 68.7. The van der Waals surface area contributed by atoms with Crippen molar-refractivity contribution in [1.29, 1.82) is 0 Å². The second kappa shape index (κ2) is 43.6. The van der Waals surface area contributed by atoms with E-state index in [1.54, 1.807) is 21.8 Å². The SMILES string of the molecule is CC(=O)CC1(O)CCN(C(=O)NCCCc2ccc3c(n2)CCCC3)CC1.COC1(CC(=O)O)CCN(C(=O)CCCCc2ccc3c(n2)NCCC3)CC1.O=C(NC(C(=O)O)C1(O)CCN(C(=O)CCCCc2ccc3c(n2)NCCC3)CC1)C1CCCC1.O=C(O)CC1(O)CCN(C(=O)CCCc2ccc3c(n2)CCCC3)CC1. The molecule has 0 bridgehead atoms. The maximum Gasteiger partial charge on any atom is 0.329 e. The number of aliphatic hydroxyl groups is 3. The summed E-state index contributed by atoms with van der Waals surface area (Å²) in [7, 11) is 1.56. The monoisotopic (exact) mass is 1610 g/mol. The number of rotatable bonds is 29. The Hall–Kier alpha value is -8.73. The van der Waals surface area contributed by atoms with Crippen LogP contribution in [0.2, 0.25) is 0 Å². The summed E-state index contributed by atoms with van der Waals surface area (Å²) in [5.74, 6) is -1.27. The first-order chi connectivity index (χ1) is 55.8. The molecular formula is C88H128N12O16. The van der Waals surface area contributed by atoms with Crippen LogP contribution in [-0.2, 0) is 107 Å². The first-order valence-corrected chi connectivity index (χ1v) is 43.2. The van der Waals surface area contributed by atoms with Crippen LogP contribution in [-0.4, -0.2) is 231 Å². The van der Waals surface area contributed by atoms with Gasteiger partial charge in [0.1, 0.15) is 17.4 Å².